The van der Waals surface area contributed by atoms with E-state index in [1.165, 1.54) is 6.42 Å². The van der Waals surface area contributed by atoms with Crippen LogP contribution in [0.3, 0.4) is 0 Å². The first kappa shape index (κ1) is 11.2. The van der Waals surface area contributed by atoms with Crippen LogP contribution in [0.5, 0.6) is 0 Å². The Morgan fingerprint density at radius 2 is 2.20 bits per heavy atom. The van der Waals surface area contributed by atoms with Crippen molar-refractivity contribution in [2.75, 3.05) is 11.9 Å². The molecule has 0 aliphatic heterocycles. The number of nitrogens with one attached hydrogen (secondary N) is 1. The Bertz CT molecular complexity index is 360. The lowest BCUT2D eigenvalue weighted by Gasteiger charge is -2.41. The average molecular weight is 291 g/mol. The van der Waals surface area contributed by atoms with Crippen molar-refractivity contribution in [1.29, 1.82) is 0 Å². The highest BCUT2D eigenvalue weighted by molar-refractivity contribution is 9.10. The molecular weight excluding hydrogens is 277 g/mol. The van der Waals surface area contributed by atoms with Gasteiger partial charge in [-0.3, -0.25) is 0 Å². The van der Waals surface area contributed by atoms with E-state index in [0.29, 0.717) is 5.02 Å². The number of hydrogen-bond acceptors (Lipinski definition) is 2. The molecule has 1 saturated carbocycles. The van der Waals surface area contributed by atoms with Gasteiger partial charge in [0.15, 0.2) is 0 Å². The van der Waals surface area contributed by atoms with E-state index in [0.717, 1.165) is 23.0 Å². The Morgan fingerprint density at radius 3 is 2.67 bits per heavy atom. The Balaban J connectivity index is 2.13. The van der Waals surface area contributed by atoms with Gasteiger partial charge in [0.05, 0.1) is 17.2 Å². The zero-order chi connectivity index (χ0) is 10.9. The van der Waals surface area contributed by atoms with Gasteiger partial charge in [0.25, 0.3) is 0 Å². The Morgan fingerprint density at radius 1 is 1.47 bits per heavy atom. The quantitative estimate of drug-likeness (QED) is 0.894. The van der Waals surface area contributed by atoms with Crippen molar-refractivity contribution in [2.45, 2.75) is 24.8 Å². The SMILES string of the molecule is OCC1(Nc2ccc(Cl)c(Br)c2)CCC1. The van der Waals surface area contributed by atoms with Crippen molar-refractivity contribution in [3.8, 4) is 0 Å². The van der Waals surface area contributed by atoms with Crippen LogP contribution in [0.1, 0.15) is 19.3 Å². The predicted molar refractivity (Wildman–Crippen MR) is 66.4 cm³/mol. The number of aliphatic hydroxyl groups excluding tert-OH is 1. The first-order valence-electron chi connectivity index (χ1n) is 4.99. The molecule has 0 aromatic heterocycles. The van der Waals surface area contributed by atoms with Gasteiger partial charge in [0.2, 0.25) is 0 Å². The minimum Gasteiger partial charge on any atom is -0.394 e. The van der Waals surface area contributed by atoms with Crippen molar-refractivity contribution >= 4 is 33.2 Å². The number of halogens is 2. The van der Waals surface area contributed by atoms with E-state index >= 15 is 0 Å². The molecule has 2 rings (SSSR count). The highest BCUT2D eigenvalue weighted by atomic mass is 79.9. The van der Waals surface area contributed by atoms with E-state index in [1.54, 1.807) is 0 Å². The van der Waals surface area contributed by atoms with Crippen molar-refractivity contribution in [2.24, 2.45) is 0 Å². The molecule has 1 aromatic rings. The molecule has 4 heteroatoms. The van der Waals surface area contributed by atoms with E-state index in [2.05, 4.69) is 21.2 Å². The summed E-state index contributed by atoms with van der Waals surface area (Å²) in [5.74, 6) is 0. The first-order valence-corrected chi connectivity index (χ1v) is 6.16. The molecular formula is C11H13BrClNO. The number of anilines is 1. The summed E-state index contributed by atoms with van der Waals surface area (Å²) in [6, 6.07) is 5.72. The maximum Gasteiger partial charge on any atom is 0.0661 e. The number of rotatable bonds is 3. The third kappa shape index (κ3) is 2.30. The third-order valence-corrected chi connectivity index (χ3v) is 4.16. The molecule has 0 bridgehead atoms. The minimum absolute atomic E-state index is 0.104. The van der Waals surface area contributed by atoms with E-state index in [9.17, 15) is 5.11 Å². The Hall–Kier alpha value is -0.250. The second kappa shape index (κ2) is 4.32. The summed E-state index contributed by atoms with van der Waals surface area (Å²) in [4.78, 5) is 0. The van der Waals surface area contributed by atoms with Gasteiger partial charge in [-0.25, -0.2) is 0 Å². The van der Waals surface area contributed by atoms with E-state index in [4.69, 9.17) is 11.6 Å². The molecule has 0 radical (unpaired) electrons. The maximum absolute atomic E-state index is 9.32. The lowest BCUT2D eigenvalue weighted by Crippen LogP contribution is -2.48. The van der Waals surface area contributed by atoms with Gasteiger partial charge in [-0.2, -0.15) is 0 Å². The summed E-state index contributed by atoms with van der Waals surface area (Å²) in [5, 5.41) is 13.4. The molecule has 1 fully saturated rings. The monoisotopic (exact) mass is 289 g/mol. The van der Waals surface area contributed by atoms with Crippen LogP contribution in [0.15, 0.2) is 22.7 Å². The first-order chi connectivity index (χ1) is 7.15. The fourth-order valence-electron chi connectivity index (χ4n) is 1.81. The third-order valence-electron chi connectivity index (χ3n) is 2.94. The summed E-state index contributed by atoms with van der Waals surface area (Å²) in [6.07, 6.45) is 3.25. The number of benzene rings is 1. The zero-order valence-corrected chi connectivity index (χ0v) is 10.6. The predicted octanol–water partition coefficient (Wildman–Crippen LogP) is 3.43. The molecule has 2 nitrogen and oxygen atoms in total. The fourth-order valence-corrected chi connectivity index (χ4v) is 2.30. The van der Waals surface area contributed by atoms with Crippen molar-refractivity contribution in [3.05, 3.63) is 27.7 Å². The second-order valence-corrected chi connectivity index (χ2v) is 5.31. The standard InChI is InChI=1S/C11H13BrClNO/c12-9-6-8(2-3-10(9)13)14-11(7-15)4-1-5-11/h2-3,6,14-15H,1,4-5,7H2. The van der Waals surface area contributed by atoms with Crippen LogP contribution in [0.25, 0.3) is 0 Å². The van der Waals surface area contributed by atoms with Gasteiger partial charge in [0.1, 0.15) is 0 Å². The summed E-state index contributed by atoms with van der Waals surface area (Å²) in [6.45, 7) is 0.188. The van der Waals surface area contributed by atoms with Crippen LogP contribution in [-0.4, -0.2) is 17.3 Å². The molecule has 0 amide bonds. The molecule has 15 heavy (non-hydrogen) atoms. The molecule has 0 heterocycles. The largest absolute Gasteiger partial charge is 0.394 e. The number of hydrogen-bond donors (Lipinski definition) is 2. The van der Waals surface area contributed by atoms with Crippen molar-refractivity contribution in [1.82, 2.24) is 0 Å². The molecule has 1 aliphatic carbocycles. The van der Waals surface area contributed by atoms with E-state index < -0.39 is 0 Å². The van der Waals surface area contributed by atoms with Crippen LogP contribution < -0.4 is 5.32 Å². The van der Waals surface area contributed by atoms with Gasteiger partial charge in [0, 0.05) is 10.2 Å². The Labute approximate surface area is 103 Å². The summed E-state index contributed by atoms with van der Waals surface area (Å²) in [5.41, 5.74) is 0.896. The summed E-state index contributed by atoms with van der Waals surface area (Å²) < 4.78 is 0.876. The van der Waals surface area contributed by atoms with Gasteiger partial charge < -0.3 is 10.4 Å². The van der Waals surface area contributed by atoms with Gasteiger partial charge >= 0.3 is 0 Å². The molecule has 0 spiro atoms. The van der Waals surface area contributed by atoms with E-state index in [1.807, 2.05) is 18.2 Å². The summed E-state index contributed by atoms with van der Waals surface area (Å²) >= 11 is 9.29. The highest BCUT2D eigenvalue weighted by Gasteiger charge is 2.36. The van der Waals surface area contributed by atoms with Crippen LogP contribution in [0.2, 0.25) is 5.02 Å². The lowest BCUT2D eigenvalue weighted by atomic mass is 9.77. The molecule has 2 N–H and O–H groups in total. The van der Waals surface area contributed by atoms with Crippen LogP contribution in [0.4, 0.5) is 5.69 Å². The highest BCUT2D eigenvalue weighted by Crippen LogP contribution is 2.36. The van der Waals surface area contributed by atoms with Crippen molar-refractivity contribution in [3.63, 3.8) is 0 Å². The number of aliphatic hydroxyl groups is 1. The van der Waals surface area contributed by atoms with Crippen LogP contribution in [0, 0.1) is 0 Å². The lowest BCUT2D eigenvalue weighted by molar-refractivity contribution is 0.144. The molecule has 82 valence electrons. The minimum atomic E-state index is -0.104. The molecule has 0 unspecified atom stereocenters. The topological polar surface area (TPSA) is 32.3 Å². The summed E-state index contributed by atoms with van der Waals surface area (Å²) in [7, 11) is 0. The van der Waals surface area contributed by atoms with Crippen molar-refractivity contribution < 1.29 is 5.11 Å². The molecule has 1 aliphatic rings. The van der Waals surface area contributed by atoms with Gasteiger partial charge in [-0.15, -0.1) is 0 Å². The van der Waals surface area contributed by atoms with Crippen LogP contribution in [-0.2, 0) is 0 Å². The van der Waals surface area contributed by atoms with Gasteiger partial charge in [-0.05, 0) is 53.4 Å². The van der Waals surface area contributed by atoms with Gasteiger partial charge in [-0.1, -0.05) is 11.6 Å². The fraction of sp³-hybridized carbons (Fsp3) is 0.455. The molecule has 0 saturated heterocycles. The normalized spacial score (nSPS) is 18.3. The van der Waals surface area contributed by atoms with E-state index in [-0.39, 0.29) is 12.1 Å². The molecule has 0 atom stereocenters. The maximum atomic E-state index is 9.32. The second-order valence-electron chi connectivity index (χ2n) is 4.05. The average Bonchev–Trinajstić information content (AvgIpc) is 2.17. The molecule has 1 aromatic carbocycles. The smallest absolute Gasteiger partial charge is 0.0661 e. The zero-order valence-electron chi connectivity index (χ0n) is 8.26. The van der Waals surface area contributed by atoms with Crippen LogP contribution >= 0.6 is 27.5 Å². The Kier molecular flexibility index (Phi) is 3.24.